The lowest BCUT2D eigenvalue weighted by Gasteiger charge is -2.35. The van der Waals surface area contributed by atoms with Crippen molar-refractivity contribution in [2.75, 3.05) is 13.1 Å². The lowest BCUT2D eigenvalue weighted by molar-refractivity contribution is 0.145. The van der Waals surface area contributed by atoms with Crippen molar-refractivity contribution in [3.05, 3.63) is 0 Å². The molecule has 1 saturated carbocycles. The Kier molecular flexibility index (Phi) is 8.75. The van der Waals surface area contributed by atoms with Gasteiger partial charge in [0.1, 0.15) is 0 Å². The Morgan fingerprint density at radius 1 is 0.778 bits per heavy atom. The smallest absolute Gasteiger partial charge is 0.00952 e. The van der Waals surface area contributed by atoms with E-state index in [-0.39, 0.29) is 0 Å². The normalized spacial score (nSPS) is 24.7. The number of hydrogen-bond acceptors (Lipinski definition) is 1. The fourth-order valence-corrected chi connectivity index (χ4v) is 3.58. The molecule has 0 bridgehead atoms. The Bertz CT molecular complexity index is 178. The Labute approximate surface area is 115 Å². The van der Waals surface area contributed by atoms with Gasteiger partial charge in [0.15, 0.2) is 0 Å². The Morgan fingerprint density at radius 2 is 1.39 bits per heavy atom. The van der Waals surface area contributed by atoms with Gasteiger partial charge in [0, 0.05) is 6.04 Å². The minimum atomic E-state index is 0.899. The van der Waals surface area contributed by atoms with E-state index in [4.69, 9.17) is 0 Å². The van der Waals surface area contributed by atoms with E-state index in [0.717, 1.165) is 12.0 Å². The van der Waals surface area contributed by atoms with E-state index in [1.54, 1.807) is 0 Å². The predicted molar refractivity (Wildman–Crippen MR) is 82.0 cm³/mol. The van der Waals surface area contributed by atoms with E-state index in [2.05, 4.69) is 25.7 Å². The summed E-state index contributed by atoms with van der Waals surface area (Å²) in [5.41, 5.74) is 0. The SMILES string of the molecule is CCCCCCCC1CCC(N(CC)CC)CC1. The summed E-state index contributed by atoms with van der Waals surface area (Å²) in [6.45, 7) is 9.40. The van der Waals surface area contributed by atoms with Gasteiger partial charge in [-0.25, -0.2) is 0 Å². The molecule has 1 fully saturated rings. The van der Waals surface area contributed by atoms with E-state index in [0.29, 0.717) is 0 Å². The lowest BCUT2D eigenvalue weighted by Crippen LogP contribution is -2.37. The highest BCUT2D eigenvalue weighted by Gasteiger charge is 2.23. The molecule has 1 nitrogen and oxygen atoms in total. The molecule has 0 atom stereocenters. The molecule has 0 aromatic heterocycles. The molecule has 0 aromatic rings. The third kappa shape index (κ3) is 5.73. The molecule has 0 amide bonds. The fraction of sp³-hybridized carbons (Fsp3) is 1.00. The maximum Gasteiger partial charge on any atom is 0.00952 e. The molecule has 0 N–H and O–H groups in total. The fourth-order valence-electron chi connectivity index (χ4n) is 3.58. The minimum Gasteiger partial charge on any atom is -0.301 e. The molecule has 18 heavy (non-hydrogen) atoms. The van der Waals surface area contributed by atoms with Crippen LogP contribution in [0, 0.1) is 5.92 Å². The molecule has 1 aliphatic carbocycles. The molecular weight excluding hydrogens is 218 g/mol. The zero-order valence-corrected chi connectivity index (χ0v) is 13.1. The summed E-state index contributed by atoms with van der Waals surface area (Å²) in [6.07, 6.45) is 14.7. The van der Waals surface area contributed by atoms with Gasteiger partial charge in [0.25, 0.3) is 0 Å². The number of rotatable bonds is 9. The summed E-state index contributed by atoms with van der Waals surface area (Å²) < 4.78 is 0. The van der Waals surface area contributed by atoms with Gasteiger partial charge >= 0.3 is 0 Å². The number of unbranched alkanes of at least 4 members (excludes halogenated alkanes) is 4. The Balaban J connectivity index is 2.08. The predicted octanol–water partition coefficient (Wildman–Crippen LogP) is 5.25. The largest absolute Gasteiger partial charge is 0.301 e. The molecule has 0 radical (unpaired) electrons. The summed E-state index contributed by atoms with van der Waals surface area (Å²) in [7, 11) is 0. The third-order valence-corrected chi connectivity index (χ3v) is 4.86. The van der Waals surface area contributed by atoms with Crippen molar-refractivity contribution in [1.29, 1.82) is 0 Å². The monoisotopic (exact) mass is 253 g/mol. The quantitative estimate of drug-likeness (QED) is 0.507. The van der Waals surface area contributed by atoms with Crippen LogP contribution in [-0.2, 0) is 0 Å². The molecule has 0 aliphatic heterocycles. The van der Waals surface area contributed by atoms with Crippen molar-refractivity contribution in [2.45, 2.75) is 91.0 Å². The molecule has 1 heteroatoms. The van der Waals surface area contributed by atoms with Gasteiger partial charge < -0.3 is 4.90 Å². The summed E-state index contributed by atoms with van der Waals surface area (Å²) in [6, 6.07) is 0.899. The van der Waals surface area contributed by atoms with Crippen LogP contribution in [0.4, 0.5) is 0 Å². The Hall–Kier alpha value is -0.0400. The van der Waals surface area contributed by atoms with Crippen LogP contribution in [0.2, 0.25) is 0 Å². The molecular formula is C17H35N. The van der Waals surface area contributed by atoms with Crippen molar-refractivity contribution in [3.8, 4) is 0 Å². The zero-order valence-electron chi connectivity index (χ0n) is 13.1. The van der Waals surface area contributed by atoms with Gasteiger partial charge in [-0.15, -0.1) is 0 Å². The van der Waals surface area contributed by atoms with Crippen molar-refractivity contribution in [1.82, 2.24) is 4.90 Å². The lowest BCUT2D eigenvalue weighted by atomic mass is 9.82. The van der Waals surface area contributed by atoms with Crippen LogP contribution in [0.1, 0.15) is 85.0 Å². The van der Waals surface area contributed by atoms with E-state index >= 15 is 0 Å². The average Bonchev–Trinajstić information content (AvgIpc) is 2.41. The molecule has 0 saturated heterocycles. The molecule has 108 valence electrons. The zero-order chi connectivity index (χ0) is 13.2. The summed E-state index contributed by atoms with van der Waals surface area (Å²) in [5.74, 6) is 1.05. The van der Waals surface area contributed by atoms with Crippen LogP contribution in [0.25, 0.3) is 0 Å². The first-order chi connectivity index (χ1) is 8.81. The number of nitrogens with zero attached hydrogens (tertiary/aromatic N) is 1. The van der Waals surface area contributed by atoms with Crippen molar-refractivity contribution >= 4 is 0 Å². The van der Waals surface area contributed by atoms with Crippen LogP contribution in [-0.4, -0.2) is 24.0 Å². The first-order valence-corrected chi connectivity index (χ1v) is 8.55. The van der Waals surface area contributed by atoms with Crippen LogP contribution in [0.15, 0.2) is 0 Å². The van der Waals surface area contributed by atoms with Crippen LogP contribution in [0.5, 0.6) is 0 Å². The van der Waals surface area contributed by atoms with Gasteiger partial charge in [-0.1, -0.05) is 59.3 Å². The second-order valence-corrected chi connectivity index (χ2v) is 6.10. The van der Waals surface area contributed by atoms with Gasteiger partial charge in [-0.3, -0.25) is 0 Å². The van der Waals surface area contributed by atoms with Crippen molar-refractivity contribution in [3.63, 3.8) is 0 Å². The molecule has 0 aromatic carbocycles. The number of hydrogen-bond donors (Lipinski definition) is 0. The van der Waals surface area contributed by atoms with Gasteiger partial charge in [-0.2, -0.15) is 0 Å². The summed E-state index contributed by atoms with van der Waals surface area (Å²) >= 11 is 0. The summed E-state index contributed by atoms with van der Waals surface area (Å²) in [5, 5.41) is 0. The second kappa shape index (κ2) is 9.83. The highest BCUT2D eigenvalue weighted by molar-refractivity contribution is 4.78. The topological polar surface area (TPSA) is 3.24 Å². The van der Waals surface area contributed by atoms with E-state index in [9.17, 15) is 0 Å². The van der Waals surface area contributed by atoms with Crippen molar-refractivity contribution in [2.24, 2.45) is 5.92 Å². The van der Waals surface area contributed by atoms with Crippen LogP contribution in [0.3, 0.4) is 0 Å². The first-order valence-electron chi connectivity index (χ1n) is 8.55. The second-order valence-electron chi connectivity index (χ2n) is 6.10. The highest BCUT2D eigenvalue weighted by atomic mass is 15.1. The Morgan fingerprint density at radius 3 is 1.94 bits per heavy atom. The first kappa shape index (κ1) is 16.0. The van der Waals surface area contributed by atoms with Crippen LogP contribution >= 0.6 is 0 Å². The van der Waals surface area contributed by atoms with E-state index in [1.165, 1.54) is 77.3 Å². The van der Waals surface area contributed by atoms with E-state index < -0.39 is 0 Å². The van der Waals surface area contributed by atoms with Gasteiger partial charge in [0.05, 0.1) is 0 Å². The van der Waals surface area contributed by atoms with E-state index in [1.807, 2.05) is 0 Å². The summed E-state index contributed by atoms with van der Waals surface area (Å²) in [4.78, 5) is 2.66. The molecule has 0 heterocycles. The highest BCUT2D eigenvalue weighted by Crippen LogP contribution is 2.30. The van der Waals surface area contributed by atoms with Gasteiger partial charge in [-0.05, 0) is 44.7 Å². The molecule has 1 rings (SSSR count). The molecule has 0 spiro atoms. The maximum absolute atomic E-state index is 2.66. The van der Waals surface area contributed by atoms with Crippen LogP contribution < -0.4 is 0 Å². The third-order valence-electron chi connectivity index (χ3n) is 4.86. The molecule has 1 aliphatic rings. The molecule has 0 unspecified atom stereocenters. The average molecular weight is 253 g/mol. The maximum atomic E-state index is 2.66. The standard InChI is InChI=1S/C17H35N/c1-4-7-8-9-10-11-16-12-14-17(15-13-16)18(5-2)6-3/h16-17H,4-15H2,1-3H3. The van der Waals surface area contributed by atoms with Gasteiger partial charge in [0.2, 0.25) is 0 Å². The van der Waals surface area contributed by atoms with Crippen molar-refractivity contribution < 1.29 is 0 Å². The minimum absolute atomic E-state index is 0.899.